The fourth-order valence-corrected chi connectivity index (χ4v) is 6.02. The van der Waals surface area contributed by atoms with Crippen LogP contribution < -0.4 is 4.72 Å². The van der Waals surface area contributed by atoms with Crippen molar-refractivity contribution in [1.29, 1.82) is 0 Å². The van der Waals surface area contributed by atoms with Crippen LogP contribution in [0, 0.1) is 6.92 Å². The maximum atomic E-state index is 13.3. The third-order valence-corrected chi connectivity index (χ3v) is 8.20. The molecule has 2 aromatic rings. The molecule has 0 heterocycles. The van der Waals surface area contributed by atoms with Crippen molar-refractivity contribution >= 4 is 23.6 Å². The summed E-state index contributed by atoms with van der Waals surface area (Å²) < 4.78 is 52.3. The number of hydrogen-bond acceptors (Lipinski definition) is 6. The molecule has 0 spiro atoms. The average molecular weight is 439 g/mol. The summed E-state index contributed by atoms with van der Waals surface area (Å²) in [5.41, 5.74) is 0.532. The molecule has 1 N–H and O–H groups in total. The molecule has 0 bridgehead atoms. The van der Waals surface area contributed by atoms with Gasteiger partial charge in [0.05, 0.1) is 23.2 Å². The van der Waals surface area contributed by atoms with Crippen LogP contribution in [0.2, 0.25) is 0 Å². The van der Waals surface area contributed by atoms with Crippen LogP contribution in [0.25, 0.3) is 0 Å². The predicted octanol–water partition coefficient (Wildman–Crippen LogP) is 4.20. The van der Waals surface area contributed by atoms with Gasteiger partial charge >= 0.3 is 13.6 Å². The lowest BCUT2D eigenvalue weighted by atomic mass is 10.1. The molecule has 0 aliphatic heterocycles. The minimum atomic E-state index is -3.95. The largest absolute Gasteiger partial charge is 0.392 e. The summed E-state index contributed by atoms with van der Waals surface area (Å²) in [5.74, 6) is -0.762. The molecule has 0 amide bonds. The highest BCUT2D eigenvalue weighted by Crippen LogP contribution is 2.57. The van der Waals surface area contributed by atoms with Crippen molar-refractivity contribution in [1.82, 2.24) is 4.72 Å². The summed E-state index contributed by atoms with van der Waals surface area (Å²) in [6.07, 6.45) is 0. The number of carbonyl (C=O) groups is 1. The Kier molecular flexibility index (Phi) is 7.77. The molecule has 2 aromatic carbocycles. The quantitative estimate of drug-likeness (QED) is 0.588. The molecule has 158 valence electrons. The van der Waals surface area contributed by atoms with Crippen molar-refractivity contribution in [3.63, 3.8) is 0 Å². The minimum absolute atomic E-state index is 0.0428. The Morgan fingerprint density at radius 2 is 1.69 bits per heavy atom. The van der Waals surface area contributed by atoms with Gasteiger partial charge in [-0.2, -0.15) is 0 Å². The van der Waals surface area contributed by atoms with Crippen molar-refractivity contribution in [3.8, 4) is 0 Å². The molecule has 0 saturated heterocycles. The Labute approximate surface area is 172 Å². The lowest BCUT2D eigenvalue weighted by Gasteiger charge is -2.30. The highest BCUT2D eigenvalue weighted by molar-refractivity contribution is 7.89. The van der Waals surface area contributed by atoms with E-state index in [2.05, 4.69) is 4.72 Å². The second-order valence-corrected chi connectivity index (χ2v) is 10.7. The van der Waals surface area contributed by atoms with E-state index in [1.165, 1.54) is 19.1 Å². The Balaban J connectivity index is 2.48. The first-order valence-electron chi connectivity index (χ1n) is 9.17. The molecule has 3 unspecified atom stereocenters. The van der Waals surface area contributed by atoms with Crippen molar-refractivity contribution in [2.24, 2.45) is 0 Å². The number of rotatable bonds is 9. The Hall–Kier alpha value is -1.99. The van der Waals surface area contributed by atoms with Gasteiger partial charge in [-0.1, -0.05) is 48.0 Å². The second-order valence-electron chi connectivity index (χ2n) is 6.60. The summed E-state index contributed by atoms with van der Waals surface area (Å²) in [6, 6.07) is 14.1. The molecule has 0 radical (unpaired) electrons. The van der Waals surface area contributed by atoms with Gasteiger partial charge in [-0.15, -0.1) is 0 Å². The van der Waals surface area contributed by atoms with Gasteiger partial charge in [-0.05, 0) is 38.5 Å². The third-order valence-electron chi connectivity index (χ3n) is 4.32. The predicted molar refractivity (Wildman–Crippen MR) is 111 cm³/mol. The topological polar surface area (TPSA) is 98.8 Å². The summed E-state index contributed by atoms with van der Waals surface area (Å²) in [5, 5.41) is 0. The van der Waals surface area contributed by atoms with E-state index in [4.69, 9.17) is 9.05 Å². The number of aryl methyl sites for hydroxylation is 1. The van der Waals surface area contributed by atoms with Crippen molar-refractivity contribution in [2.45, 2.75) is 44.3 Å². The maximum absolute atomic E-state index is 13.3. The lowest BCUT2D eigenvalue weighted by Crippen LogP contribution is -2.36. The first kappa shape index (κ1) is 23.3. The summed E-state index contributed by atoms with van der Waals surface area (Å²) in [4.78, 5) is 11.6. The van der Waals surface area contributed by atoms with E-state index in [0.717, 1.165) is 12.5 Å². The zero-order chi connectivity index (χ0) is 21.7. The van der Waals surface area contributed by atoms with Crippen LogP contribution in [0.4, 0.5) is 0 Å². The monoisotopic (exact) mass is 439 g/mol. The van der Waals surface area contributed by atoms with Crippen LogP contribution in [0.5, 0.6) is 0 Å². The van der Waals surface area contributed by atoms with Crippen molar-refractivity contribution < 1.29 is 26.8 Å². The molecule has 2 rings (SSSR count). The number of benzene rings is 2. The van der Waals surface area contributed by atoms with Gasteiger partial charge in [-0.25, -0.2) is 17.7 Å². The normalized spacial score (nSPS) is 15.9. The van der Waals surface area contributed by atoms with Gasteiger partial charge in [-0.3, -0.25) is 9.32 Å². The first-order chi connectivity index (χ1) is 13.6. The van der Waals surface area contributed by atoms with Gasteiger partial charge in [0.1, 0.15) is 0 Å². The van der Waals surface area contributed by atoms with Crippen LogP contribution in [0.1, 0.15) is 37.9 Å². The first-order valence-corrected chi connectivity index (χ1v) is 12.3. The Morgan fingerprint density at radius 3 is 2.21 bits per heavy atom. The molecule has 0 fully saturated rings. The maximum Gasteiger partial charge on any atom is 0.386 e. The van der Waals surface area contributed by atoms with Crippen LogP contribution in [-0.4, -0.2) is 26.7 Å². The van der Waals surface area contributed by atoms with Crippen molar-refractivity contribution in [2.75, 3.05) is 6.61 Å². The minimum Gasteiger partial charge on any atom is -0.392 e. The standard InChI is InChI=1S/C20H26NO6PS/c1-5-26-28(23,27-17(4)22)16(3)20(18-9-7-6-8-10-18)21-29(24,25)19-13-11-15(2)12-14-19/h6-14,16,20-21H,5H2,1-4H3. The fraction of sp³-hybridized carbons (Fsp3) is 0.350. The third kappa shape index (κ3) is 6.00. The van der Waals surface area contributed by atoms with E-state index >= 15 is 0 Å². The highest BCUT2D eigenvalue weighted by atomic mass is 32.2. The molecule has 0 aliphatic rings. The van der Waals surface area contributed by atoms with Gasteiger partial charge in [0, 0.05) is 6.92 Å². The van der Waals surface area contributed by atoms with E-state index in [1.807, 2.05) is 6.92 Å². The number of carbonyl (C=O) groups excluding carboxylic acids is 1. The molecule has 29 heavy (non-hydrogen) atoms. The van der Waals surface area contributed by atoms with E-state index in [0.29, 0.717) is 5.56 Å². The lowest BCUT2D eigenvalue weighted by molar-refractivity contribution is -0.132. The Bertz CT molecular complexity index is 976. The van der Waals surface area contributed by atoms with Crippen LogP contribution >= 0.6 is 7.60 Å². The van der Waals surface area contributed by atoms with Gasteiger partial charge in [0.25, 0.3) is 0 Å². The van der Waals surface area contributed by atoms with Crippen LogP contribution in [0.3, 0.4) is 0 Å². The summed E-state index contributed by atoms with van der Waals surface area (Å²) >= 11 is 0. The number of nitrogens with one attached hydrogen (secondary N) is 1. The second kappa shape index (κ2) is 9.67. The van der Waals surface area contributed by atoms with Gasteiger partial charge in [0.15, 0.2) is 0 Å². The average Bonchev–Trinajstić information content (AvgIpc) is 2.66. The molecule has 7 nitrogen and oxygen atoms in total. The number of hydrogen-bond donors (Lipinski definition) is 1. The number of sulfonamides is 1. The SMILES string of the molecule is CCOP(=O)(OC(C)=O)C(C)C(NS(=O)(=O)c1ccc(C)cc1)c1ccccc1. The van der Waals surface area contributed by atoms with E-state index < -0.39 is 35.3 Å². The zero-order valence-corrected chi connectivity index (χ0v) is 18.6. The van der Waals surface area contributed by atoms with Gasteiger partial charge < -0.3 is 4.52 Å². The summed E-state index contributed by atoms with van der Waals surface area (Å²) in [6.45, 7) is 6.19. The molecular weight excluding hydrogens is 413 g/mol. The molecule has 0 saturated carbocycles. The Morgan fingerprint density at radius 1 is 1.10 bits per heavy atom. The van der Waals surface area contributed by atoms with Crippen LogP contribution in [-0.2, 0) is 28.4 Å². The van der Waals surface area contributed by atoms with Crippen molar-refractivity contribution in [3.05, 3.63) is 65.7 Å². The smallest absolute Gasteiger partial charge is 0.386 e. The molecule has 9 heteroatoms. The fourth-order valence-electron chi connectivity index (χ4n) is 2.83. The molecule has 0 aromatic heterocycles. The van der Waals surface area contributed by atoms with E-state index in [9.17, 15) is 17.8 Å². The van der Waals surface area contributed by atoms with E-state index in [-0.39, 0.29) is 11.5 Å². The summed E-state index contributed by atoms with van der Waals surface area (Å²) in [7, 11) is -7.89. The zero-order valence-electron chi connectivity index (χ0n) is 16.9. The molecule has 0 aliphatic carbocycles. The molecule has 3 atom stereocenters. The van der Waals surface area contributed by atoms with Gasteiger partial charge in [0.2, 0.25) is 10.0 Å². The van der Waals surface area contributed by atoms with Crippen LogP contribution in [0.15, 0.2) is 59.5 Å². The molecular formula is C20H26NO6PS. The highest BCUT2D eigenvalue weighted by Gasteiger charge is 2.42. The van der Waals surface area contributed by atoms with E-state index in [1.54, 1.807) is 49.4 Å².